The van der Waals surface area contributed by atoms with Gasteiger partial charge in [-0.2, -0.15) is 0 Å². The zero-order valence-electron chi connectivity index (χ0n) is 17.6. The molecule has 32 heavy (non-hydrogen) atoms. The highest BCUT2D eigenvalue weighted by atomic mass is 79.9. The van der Waals surface area contributed by atoms with Crippen LogP contribution >= 0.6 is 47.8 Å². The van der Waals surface area contributed by atoms with Crippen molar-refractivity contribution in [1.82, 2.24) is 4.90 Å². The van der Waals surface area contributed by atoms with Crippen LogP contribution in [0.3, 0.4) is 0 Å². The van der Waals surface area contributed by atoms with E-state index in [9.17, 15) is 19.2 Å². The van der Waals surface area contributed by atoms with E-state index in [2.05, 4.69) is 53.1 Å². The van der Waals surface area contributed by atoms with Crippen molar-refractivity contribution in [3.05, 3.63) is 27.7 Å². The number of anilines is 1. The number of rotatable bonds is 6. The minimum atomic E-state index is -0.624. The molecule has 1 heterocycles. The molecule has 0 aromatic heterocycles. The van der Waals surface area contributed by atoms with Gasteiger partial charge < -0.3 is 10.1 Å². The maximum Gasteiger partial charge on any atom is 0.308 e. The number of ether oxygens (including phenoxy) is 1. The van der Waals surface area contributed by atoms with Crippen LogP contribution in [0.15, 0.2) is 16.6 Å². The SMILES string of the molecule is Cc1cc(NC(=O)COC(=O)CCN2C(=O)[C@@H]3[C@H]4C[C@@H]([C@@H](Br)[C@H]4Br)[C@H]3C2=O)cc(C)c1Br. The Bertz CT molecular complexity index is 945. The summed E-state index contributed by atoms with van der Waals surface area (Å²) in [5, 5.41) is 2.70. The number of likely N-dealkylation sites (tertiary alicyclic amines) is 1. The fourth-order valence-electron chi connectivity index (χ4n) is 5.27. The second-order valence-corrected chi connectivity index (χ2v) is 11.6. The predicted octanol–water partition coefficient (Wildman–Crippen LogP) is 3.72. The van der Waals surface area contributed by atoms with Gasteiger partial charge in [0.2, 0.25) is 11.8 Å². The van der Waals surface area contributed by atoms with Crippen LogP contribution < -0.4 is 5.32 Å². The molecule has 2 bridgehead atoms. The van der Waals surface area contributed by atoms with Gasteiger partial charge in [-0.1, -0.05) is 47.8 Å². The van der Waals surface area contributed by atoms with Crippen molar-refractivity contribution < 1.29 is 23.9 Å². The summed E-state index contributed by atoms with van der Waals surface area (Å²) < 4.78 is 6.02. The Morgan fingerprint density at radius 2 is 1.59 bits per heavy atom. The van der Waals surface area contributed by atoms with E-state index in [1.165, 1.54) is 4.90 Å². The molecule has 2 aliphatic carbocycles. The molecule has 0 spiro atoms. The number of esters is 1. The minimum absolute atomic E-state index is 0.0183. The molecule has 1 aliphatic heterocycles. The molecule has 10 heteroatoms. The average molecular weight is 635 g/mol. The lowest BCUT2D eigenvalue weighted by molar-refractivity contribution is -0.149. The van der Waals surface area contributed by atoms with Crippen molar-refractivity contribution >= 4 is 77.2 Å². The third-order valence-electron chi connectivity index (χ3n) is 6.70. The molecule has 1 aromatic rings. The highest BCUT2D eigenvalue weighted by molar-refractivity contribution is 9.12. The number of hydrogen-bond acceptors (Lipinski definition) is 5. The minimum Gasteiger partial charge on any atom is -0.456 e. The van der Waals surface area contributed by atoms with E-state index in [-0.39, 0.29) is 58.1 Å². The number of hydrogen-bond donors (Lipinski definition) is 1. The summed E-state index contributed by atoms with van der Waals surface area (Å²) in [4.78, 5) is 51.5. The fourth-order valence-corrected chi connectivity index (χ4v) is 7.37. The average Bonchev–Trinajstić information content (AvgIpc) is 3.34. The van der Waals surface area contributed by atoms with Gasteiger partial charge >= 0.3 is 5.97 Å². The molecule has 3 aliphatic rings. The van der Waals surface area contributed by atoms with Gasteiger partial charge in [-0.05, 0) is 55.4 Å². The lowest BCUT2D eigenvalue weighted by atomic mass is 9.81. The fraction of sp³-hybridized carbons (Fsp3) is 0.545. The van der Waals surface area contributed by atoms with Crippen molar-refractivity contribution in [1.29, 1.82) is 0 Å². The third kappa shape index (κ3) is 4.18. The first-order chi connectivity index (χ1) is 15.1. The lowest BCUT2D eigenvalue weighted by Crippen LogP contribution is -2.37. The summed E-state index contributed by atoms with van der Waals surface area (Å²) in [5.41, 5.74) is 2.58. The van der Waals surface area contributed by atoms with Crippen LogP contribution in [0.25, 0.3) is 0 Å². The Morgan fingerprint density at radius 1 is 1.06 bits per heavy atom. The number of nitrogens with one attached hydrogen (secondary N) is 1. The number of aryl methyl sites for hydroxylation is 2. The highest BCUT2D eigenvalue weighted by Crippen LogP contribution is 2.60. The largest absolute Gasteiger partial charge is 0.456 e. The number of carbonyl (C=O) groups excluding carboxylic acids is 4. The molecule has 1 N–H and O–H groups in total. The predicted molar refractivity (Wildman–Crippen MR) is 129 cm³/mol. The van der Waals surface area contributed by atoms with Gasteiger partial charge in [0.05, 0.1) is 18.3 Å². The number of benzene rings is 1. The first-order valence-corrected chi connectivity index (χ1v) is 13.1. The summed E-state index contributed by atoms with van der Waals surface area (Å²) in [5.74, 6) is -1.79. The van der Waals surface area contributed by atoms with Gasteiger partial charge in [-0.15, -0.1) is 0 Å². The Morgan fingerprint density at radius 3 is 2.12 bits per heavy atom. The monoisotopic (exact) mass is 632 g/mol. The molecular weight excluding hydrogens is 612 g/mol. The number of alkyl halides is 2. The Labute approximate surface area is 211 Å². The molecule has 3 fully saturated rings. The maximum atomic E-state index is 12.8. The van der Waals surface area contributed by atoms with E-state index in [0.717, 1.165) is 22.0 Å². The topological polar surface area (TPSA) is 92.8 Å². The van der Waals surface area contributed by atoms with Gasteiger partial charge in [-0.3, -0.25) is 24.1 Å². The summed E-state index contributed by atoms with van der Waals surface area (Å²) in [6, 6.07) is 3.64. The van der Waals surface area contributed by atoms with E-state index in [0.29, 0.717) is 5.69 Å². The van der Waals surface area contributed by atoms with Crippen molar-refractivity contribution in [2.75, 3.05) is 18.5 Å². The third-order valence-corrected chi connectivity index (χ3v) is 11.2. The lowest BCUT2D eigenvalue weighted by Gasteiger charge is -2.28. The van der Waals surface area contributed by atoms with Gasteiger partial charge in [0.15, 0.2) is 6.61 Å². The molecule has 7 nitrogen and oxygen atoms in total. The molecule has 1 saturated heterocycles. The van der Waals surface area contributed by atoms with Gasteiger partial charge in [0, 0.05) is 26.4 Å². The number of amides is 3. The van der Waals surface area contributed by atoms with Crippen LogP contribution in [-0.2, 0) is 23.9 Å². The van der Waals surface area contributed by atoms with Crippen LogP contribution in [0.2, 0.25) is 0 Å². The highest BCUT2D eigenvalue weighted by Gasteiger charge is 2.66. The number of halogens is 3. The van der Waals surface area contributed by atoms with Crippen LogP contribution in [0, 0.1) is 37.5 Å². The van der Waals surface area contributed by atoms with E-state index in [4.69, 9.17) is 4.74 Å². The van der Waals surface area contributed by atoms with E-state index >= 15 is 0 Å². The molecule has 0 unspecified atom stereocenters. The molecular formula is C22H23Br3N2O5. The molecule has 3 amide bonds. The molecule has 6 atom stereocenters. The van der Waals surface area contributed by atoms with Crippen LogP contribution in [0.5, 0.6) is 0 Å². The van der Waals surface area contributed by atoms with Crippen molar-refractivity contribution in [2.45, 2.75) is 36.3 Å². The van der Waals surface area contributed by atoms with Crippen LogP contribution in [0.4, 0.5) is 5.69 Å². The zero-order valence-corrected chi connectivity index (χ0v) is 22.3. The van der Waals surface area contributed by atoms with E-state index in [1.54, 1.807) is 0 Å². The standard InChI is InChI=1S/C22H23Br3N2O5/c1-9-5-11(6-10(2)18(9)23)26-14(28)8-32-15(29)3-4-27-21(30)16-12-7-13(17(16)22(27)31)20(25)19(12)24/h5-6,12-13,16-17,19-20H,3-4,7-8H2,1-2H3,(H,26,28)/t12-,13-,16-,17-,19-,20+/m1/s1. The first kappa shape index (κ1) is 23.9. The van der Waals surface area contributed by atoms with Gasteiger partial charge in [0.1, 0.15) is 0 Å². The Kier molecular flexibility index (Phi) is 6.85. The van der Waals surface area contributed by atoms with E-state index in [1.807, 2.05) is 26.0 Å². The number of imide groups is 1. The van der Waals surface area contributed by atoms with Crippen molar-refractivity contribution in [2.24, 2.45) is 23.7 Å². The van der Waals surface area contributed by atoms with Crippen LogP contribution in [-0.4, -0.2) is 51.4 Å². The van der Waals surface area contributed by atoms with Gasteiger partial charge in [-0.25, -0.2) is 0 Å². The molecule has 2 saturated carbocycles. The van der Waals surface area contributed by atoms with Gasteiger partial charge in [0.25, 0.3) is 5.91 Å². The quantitative estimate of drug-likeness (QED) is 0.293. The second-order valence-electron chi connectivity index (χ2n) is 8.71. The molecule has 172 valence electrons. The van der Waals surface area contributed by atoms with Crippen molar-refractivity contribution in [3.63, 3.8) is 0 Å². The van der Waals surface area contributed by atoms with Crippen LogP contribution in [0.1, 0.15) is 24.0 Å². The zero-order chi connectivity index (χ0) is 23.3. The second kappa shape index (κ2) is 9.18. The molecule has 4 rings (SSSR count). The summed E-state index contributed by atoms with van der Waals surface area (Å²) >= 11 is 10.8. The maximum absolute atomic E-state index is 12.8. The van der Waals surface area contributed by atoms with Crippen molar-refractivity contribution in [3.8, 4) is 0 Å². The Balaban J connectivity index is 1.26. The first-order valence-electron chi connectivity index (χ1n) is 10.5. The van der Waals surface area contributed by atoms with E-state index < -0.39 is 18.5 Å². The Hall–Kier alpha value is -1.26. The normalized spacial score (nSPS) is 30.6. The smallest absolute Gasteiger partial charge is 0.308 e. The summed E-state index contributed by atoms with van der Waals surface area (Å²) in [6.07, 6.45) is 0.729. The molecule has 1 aromatic carbocycles. The molecule has 0 radical (unpaired) electrons. The number of nitrogens with zero attached hydrogens (tertiary/aromatic N) is 1. The summed E-state index contributed by atoms with van der Waals surface area (Å²) in [6.45, 7) is 3.39. The number of carbonyl (C=O) groups is 4. The summed E-state index contributed by atoms with van der Waals surface area (Å²) in [7, 11) is 0. The number of fused-ring (bicyclic) bond motifs is 5.